The molecule has 0 amide bonds. The Morgan fingerprint density at radius 3 is 2.83 bits per heavy atom. The Balaban J connectivity index is 1.55. The van der Waals surface area contributed by atoms with E-state index < -0.39 is 0 Å². The highest BCUT2D eigenvalue weighted by atomic mass is 16.7. The minimum absolute atomic E-state index is 0.0670. The van der Waals surface area contributed by atoms with Crippen LogP contribution in [0, 0.1) is 0 Å². The number of aliphatic imine (C=N–C) groups is 1. The van der Waals surface area contributed by atoms with Crippen molar-refractivity contribution in [2.45, 2.75) is 38.2 Å². The van der Waals surface area contributed by atoms with Crippen LogP contribution < -0.4 is 20.1 Å². The third-order valence-electron chi connectivity index (χ3n) is 4.60. The van der Waals surface area contributed by atoms with Gasteiger partial charge in [-0.05, 0) is 30.5 Å². The molecule has 0 bridgehead atoms. The van der Waals surface area contributed by atoms with Crippen LogP contribution in [-0.2, 0) is 10.2 Å². The van der Waals surface area contributed by atoms with Gasteiger partial charge in [0.15, 0.2) is 17.5 Å². The molecule has 2 aliphatic rings. The highest BCUT2D eigenvalue weighted by molar-refractivity contribution is 5.79. The van der Waals surface area contributed by atoms with E-state index in [0.29, 0.717) is 12.9 Å². The van der Waals surface area contributed by atoms with Crippen molar-refractivity contribution in [3.8, 4) is 11.5 Å². The van der Waals surface area contributed by atoms with E-state index in [4.69, 9.17) is 14.2 Å². The average Bonchev–Trinajstić information content (AvgIpc) is 3.25. The van der Waals surface area contributed by atoms with Crippen molar-refractivity contribution < 1.29 is 14.2 Å². The van der Waals surface area contributed by atoms with Crippen molar-refractivity contribution in [2.75, 3.05) is 33.5 Å². The molecule has 6 heteroatoms. The van der Waals surface area contributed by atoms with Gasteiger partial charge in [-0.2, -0.15) is 0 Å². The summed E-state index contributed by atoms with van der Waals surface area (Å²) in [5.74, 6) is 2.44. The first-order chi connectivity index (χ1) is 11.6. The smallest absolute Gasteiger partial charge is 0.231 e. The van der Waals surface area contributed by atoms with Crippen molar-refractivity contribution >= 4 is 5.96 Å². The summed E-state index contributed by atoms with van der Waals surface area (Å²) in [6.45, 7) is 7.13. The standard InChI is InChI=1S/C18H27N3O3/c1-18(2,13-6-7-15-16(9-13)24-12-23-15)11-21-17(19-3)20-10-14-5-4-8-22-14/h6-7,9,14H,4-5,8,10-12H2,1-3H3,(H2,19,20,21). The van der Waals surface area contributed by atoms with Crippen LogP contribution in [0.25, 0.3) is 0 Å². The van der Waals surface area contributed by atoms with E-state index in [2.05, 4.69) is 41.6 Å². The molecule has 2 N–H and O–H groups in total. The zero-order chi connectivity index (χ0) is 17.0. The number of guanidine groups is 1. The summed E-state index contributed by atoms with van der Waals surface area (Å²) in [6, 6.07) is 6.13. The number of ether oxygens (including phenoxy) is 3. The lowest BCUT2D eigenvalue weighted by Gasteiger charge is -2.27. The van der Waals surface area contributed by atoms with E-state index in [1.165, 1.54) is 5.56 Å². The molecule has 3 rings (SSSR count). The fourth-order valence-electron chi connectivity index (χ4n) is 2.96. The van der Waals surface area contributed by atoms with E-state index in [1.54, 1.807) is 7.05 Å². The van der Waals surface area contributed by atoms with Crippen LogP contribution in [0.2, 0.25) is 0 Å². The van der Waals surface area contributed by atoms with Crippen molar-refractivity contribution in [3.05, 3.63) is 23.8 Å². The molecule has 0 spiro atoms. The van der Waals surface area contributed by atoms with Gasteiger partial charge in [-0.1, -0.05) is 19.9 Å². The Kier molecular flexibility index (Phi) is 5.14. The van der Waals surface area contributed by atoms with Crippen LogP contribution in [0.3, 0.4) is 0 Å². The maximum atomic E-state index is 5.63. The third kappa shape index (κ3) is 3.93. The predicted molar refractivity (Wildman–Crippen MR) is 93.9 cm³/mol. The SMILES string of the molecule is CN=C(NCC1CCCO1)NCC(C)(C)c1ccc2c(c1)OCO2. The molecule has 1 fully saturated rings. The summed E-state index contributed by atoms with van der Waals surface area (Å²) in [5.41, 5.74) is 1.14. The highest BCUT2D eigenvalue weighted by Gasteiger charge is 2.24. The van der Waals surface area contributed by atoms with Gasteiger partial charge in [0, 0.05) is 32.2 Å². The minimum atomic E-state index is -0.0670. The van der Waals surface area contributed by atoms with Gasteiger partial charge in [-0.25, -0.2) is 0 Å². The molecule has 0 saturated carbocycles. The normalized spacial score (nSPS) is 20.3. The number of benzene rings is 1. The predicted octanol–water partition coefficient (Wildman–Crippen LogP) is 2.04. The summed E-state index contributed by atoms with van der Waals surface area (Å²) >= 11 is 0. The first-order valence-corrected chi connectivity index (χ1v) is 8.55. The lowest BCUT2D eigenvalue weighted by atomic mass is 9.84. The van der Waals surface area contributed by atoms with Crippen LogP contribution >= 0.6 is 0 Å². The first kappa shape index (κ1) is 16.9. The summed E-state index contributed by atoms with van der Waals surface area (Å²) in [4.78, 5) is 4.30. The summed E-state index contributed by atoms with van der Waals surface area (Å²) in [5, 5.41) is 6.76. The fraction of sp³-hybridized carbons (Fsp3) is 0.611. The van der Waals surface area contributed by atoms with Crippen LogP contribution in [0.4, 0.5) is 0 Å². The topological polar surface area (TPSA) is 64.1 Å². The zero-order valence-electron chi connectivity index (χ0n) is 14.7. The van der Waals surface area contributed by atoms with Gasteiger partial charge in [0.05, 0.1) is 6.10 Å². The molecule has 1 saturated heterocycles. The Morgan fingerprint density at radius 1 is 1.25 bits per heavy atom. The van der Waals surface area contributed by atoms with Gasteiger partial charge in [-0.15, -0.1) is 0 Å². The second-order valence-electron chi connectivity index (χ2n) is 6.89. The lowest BCUT2D eigenvalue weighted by molar-refractivity contribution is 0.114. The fourth-order valence-corrected chi connectivity index (χ4v) is 2.96. The number of rotatable bonds is 5. The number of hydrogen-bond acceptors (Lipinski definition) is 4. The number of nitrogens with zero attached hydrogens (tertiary/aromatic N) is 1. The summed E-state index contributed by atoms with van der Waals surface area (Å²) < 4.78 is 16.5. The highest BCUT2D eigenvalue weighted by Crippen LogP contribution is 2.36. The first-order valence-electron chi connectivity index (χ1n) is 8.55. The molecule has 1 unspecified atom stereocenters. The van der Waals surface area contributed by atoms with Crippen LogP contribution in [0.15, 0.2) is 23.2 Å². The number of nitrogens with one attached hydrogen (secondary N) is 2. The molecule has 0 aliphatic carbocycles. The molecular formula is C18H27N3O3. The molecule has 1 aromatic carbocycles. The monoisotopic (exact) mass is 333 g/mol. The Labute approximate surface area is 143 Å². The Bertz CT molecular complexity index is 595. The largest absolute Gasteiger partial charge is 0.454 e. The van der Waals surface area contributed by atoms with Crippen molar-refractivity contribution in [2.24, 2.45) is 4.99 Å². The van der Waals surface area contributed by atoms with Crippen LogP contribution in [0.1, 0.15) is 32.3 Å². The van der Waals surface area contributed by atoms with Crippen molar-refractivity contribution in [3.63, 3.8) is 0 Å². The molecule has 0 radical (unpaired) electrons. The van der Waals surface area contributed by atoms with Gasteiger partial charge >= 0.3 is 0 Å². The van der Waals surface area contributed by atoms with Gasteiger partial charge in [0.1, 0.15) is 0 Å². The lowest BCUT2D eigenvalue weighted by Crippen LogP contribution is -2.45. The maximum absolute atomic E-state index is 5.63. The molecule has 1 aromatic rings. The van der Waals surface area contributed by atoms with Gasteiger partial charge in [0.25, 0.3) is 0 Å². The average molecular weight is 333 g/mol. The Morgan fingerprint density at radius 2 is 2.08 bits per heavy atom. The molecule has 2 aliphatic heterocycles. The molecule has 0 aromatic heterocycles. The minimum Gasteiger partial charge on any atom is -0.454 e. The van der Waals surface area contributed by atoms with E-state index in [1.807, 2.05) is 6.07 Å². The van der Waals surface area contributed by atoms with E-state index in [0.717, 1.165) is 50.0 Å². The van der Waals surface area contributed by atoms with Crippen LogP contribution in [0.5, 0.6) is 11.5 Å². The van der Waals surface area contributed by atoms with Crippen molar-refractivity contribution in [1.29, 1.82) is 0 Å². The molecule has 1 atom stereocenters. The Hall–Kier alpha value is -1.95. The molecular weight excluding hydrogens is 306 g/mol. The summed E-state index contributed by atoms with van der Waals surface area (Å²) in [6.07, 6.45) is 2.56. The molecule has 2 heterocycles. The summed E-state index contributed by atoms with van der Waals surface area (Å²) in [7, 11) is 1.79. The molecule has 6 nitrogen and oxygen atoms in total. The zero-order valence-corrected chi connectivity index (χ0v) is 14.7. The quantitative estimate of drug-likeness (QED) is 0.638. The maximum Gasteiger partial charge on any atom is 0.231 e. The number of hydrogen-bond donors (Lipinski definition) is 2. The molecule has 132 valence electrons. The van der Waals surface area contributed by atoms with Crippen LogP contribution in [-0.4, -0.2) is 45.6 Å². The van der Waals surface area contributed by atoms with Gasteiger partial charge < -0.3 is 24.8 Å². The third-order valence-corrected chi connectivity index (χ3v) is 4.60. The number of fused-ring (bicyclic) bond motifs is 1. The second-order valence-corrected chi connectivity index (χ2v) is 6.89. The molecule has 24 heavy (non-hydrogen) atoms. The van der Waals surface area contributed by atoms with Gasteiger partial charge in [-0.3, -0.25) is 4.99 Å². The van der Waals surface area contributed by atoms with E-state index in [-0.39, 0.29) is 5.41 Å². The van der Waals surface area contributed by atoms with Gasteiger partial charge in [0.2, 0.25) is 6.79 Å². The second kappa shape index (κ2) is 7.30. The van der Waals surface area contributed by atoms with E-state index in [9.17, 15) is 0 Å². The van der Waals surface area contributed by atoms with E-state index >= 15 is 0 Å². The van der Waals surface area contributed by atoms with Crippen molar-refractivity contribution in [1.82, 2.24) is 10.6 Å².